The van der Waals surface area contributed by atoms with E-state index in [1.807, 2.05) is 85.8 Å². The first-order chi connectivity index (χ1) is 15.5. The summed E-state index contributed by atoms with van der Waals surface area (Å²) in [6.07, 6.45) is 0. The number of benzene rings is 3. The second-order valence-corrected chi connectivity index (χ2v) is 8.97. The molecular formula is C25H25N5OS. The van der Waals surface area contributed by atoms with Crippen molar-refractivity contribution in [3.8, 4) is 5.69 Å². The van der Waals surface area contributed by atoms with E-state index < -0.39 is 0 Å². The van der Waals surface area contributed by atoms with Crippen molar-refractivity contribution in [2.45, 2.75) is 37.2 Å². The van der Waals surface area contributed by atoms with E-state index in [9.17, 15) is 4.79 Å². The summed E-state index contributed by atoms with van der Waals surface area (Å²) in [4.78, 5) is 13.2. The number of carbonyl (C=O) groups excluding carboxylic acids is 1. The molecule has 32 heavy (non-hydrogen) atoms. The molecule has 1 amide bonds. The second-order valence-electron chi connectivity index (χ2n) is 7.66. The van der Waals surface area contributed by atoms with Crippen molar-refractivity contribution in [3.05, 3.63) is 101 Å². The van der Waals surface area contributed by atoms with Crippen molar-refractivity contribution in [2.75, 3.05) is 0 Å². The molecule has 0 aliphatic carbocycles. The fourth-order valence-electron chi connectivity index (χ4n) is 3.39. The molecule has 0 aliphatic heterocycles. The van der Waals surface area contributed by atoms with Gasteiger partial charge in [-0.2, -0.15) is 4.68 Å². The summed E-state index contributed by atoms with van der Waals surface area (Å²) in [5, 5.41) is 15.5. The Balaban J connectivity index is 1.53. The minimum Gasteiger partial charge on any atom is -0.344 e. The number of hydrogen-bond donors (Lipinski definition) is 1. The zero-order valence-electron chi connectivity index (χ0n) is 18.3. The molecule has 0 aliphatic rings. The molecule has 0 saturated heterocycles. The molecule has 0 radical (unpaired) electrons. The average Bonchev–Trinajstić information content (AvgIpc) is 3.28. The van der Waals surface area contributed by atoms with Gasteiger partial charge in [0.25, 0.3) is 0 Å². The Morgan fingerprint density at radius 2 is 1.53 bits per heavy atom. The number of amides is 1. The fourth-order valence-corrected chi connectivity index (χ4v) is 4.21. The summed E-state index contributed by atoms with van der Waals surface area (Å²) < 4.78 is 1.67. The lowest BCUT2D eigenvalue weighted by Gasteiger charge is -2.22. The number of hydrogen-bond acceptors (Lipinski definition) is 5. The number of thioether (sulfide) groups is 1. The Hall–Kier alpha value is -3.45. The number of aryl methyl sites for hydroxylation is 2. The van der Waals surface area contributed by atoms with Crippen LogP contribution >= 0.6 is 11.8 Å². The second kappa shape index (κ2) is 9.78. The molecule has 4 rings (SSSR count). The maximum absolute atomic E-state index is 13.2. The first kappa shape index (κ1) is 21.8. The third-order valence-corrected chi connectivity index (χ3v) is 6.41. The number of carbonyl (C=O) groups is 1. The lowest BCUT2D eigenvalue weighted by atomic mass is 9.98. The zero-order chi connectivity index (χ0) is 22.5. The highest BCUT2D eigenvalue weighted by Gasteiger charge is 2.23. The molecule has 6 nitrogen and oxygen atoms in total. The van der Waals surface area contributed by atoms with Crippen molar-refractivity contribution in [1.82, 2.24) is 25.5 Å². The molecule has 1 aromatic heterocycles. The maximum Gasteiger partial charge on any atom is 0.234 e. The van der Waals surface area contributed by atoms with Gasteiger partial charge in [0, 0.05) is 0 Å². The minimum absolute atomic E-state index is 0.0812. The van der Waals surface area contributed by atoms with E-state index in [4.69, 9.17) is 0 Å². The molecule has 4 aromatic rings. The predicted octanol–water partition coefficient (Wildman–Crippen LogP) is 4.67. The van der Waals surface area contributed by atoms with Gasteiger partial charge < -0.3 is 5.32 Å². The Kier molecular flexibility index (Phi) is 6.66. The first-order valence-electron chi connectivity index (χ1n) is 10.5. The van der Waals surface area contributed by atoms with Gasteiger partial charge in [0.15, 0.2) is 0 Å². The molecular weight excluding hydrogens is 418 g/mol. The van der Waals surface area contributed by atoms with E-state index in [0.717, 1.165) is 22.4 Å². The Bertz CT molecular complexity index is 1150. The molecule has 0 fully saturated rings. The smallest absolute Gasteiger partial charge is 0.234 e. The van der Waals surface area contributed by atoms with Crippen LogP contribution in [0.25, 0.3) is 5.69 Å². The Morgan fingerprint density at radius 1 is 0.906 bits per heavy atom. The van der Waals surface area contributed by atoms with Crippen LogP contribution in [0.1, 0.15) is 35.2 Å². The van der Waals surface area contributed by atoms with Crippen LogP contribution in [0, 0.1) is 13.8 Å². The SMILES string of the molecule is Cc1ccc(-n2nnnc2SC(C)C(=O)NC(c2ccccc2)c2ccccc2)cc1C. The van der Waals surface area contributed by atoms with Crippen molar-refractivity contribution >= 4 is 17.7 Å². The van der Waals surface area contributed by atoms with Crippen LogP contribution < -0.4 is 5.32 Å². The minimum atomic E-state index is -0.388. The number of rotatable bonds is 7. The quantitative estimate of drug-likeness (QED) is 0.421. The first-order valence-corrected chi connectivity index (χ1v) is 11.3. The van der Waals surface area contributed by atoms with Crippen LogP contribution in [0.4, 0.5) is 0 Å². The van der Waals surface area contributed by atoms with Crippen LogP contribution in [0.5, 0.6) is 0 Å². The van der Waals surface area contributed by atoms with Gasteiger partial charge in [0.05, 0.1) is 17.0 Å². The number of nitrogens with zero attached hydrogens (tertiary/aromatic N) is 4. The number of tetrazole rings is 1. The third kappa shape index (κ3) is 4.89. The summed E-state index contributed by atoms with van der Waals surface area (Å²) in [5.74, 6) is -0.0812. The van der Waals surface area contributed by atoms with E-state index in [0.29, 0.717) is 5.16 Å². The molecule has 0 bridgehead atoms. The predicted molar refractivity (Wildman–Crippen MR) is 127 cm³/mol. The van der Waals surface area contributed by atoms with Gasteiger partial charge in [-0.25, -0.2) is 0 Å². The molecule has 7 heteroatoms. The van der Waals surface area contributed by atoms with Crippen LogP contribution in [-0.4, -0.2) is 31.4 Å². The van der Waals surface area contributed by atoms with Gasteiger partial charge >= 0.3 is 0 Å². The largest absolute Gasteiger partial charge is 0.344 e. The summed E-state index contributed by atoms with van der Waals surface area (Å²) in [5.41, 5.74) is 5.30. The van der Waals surface area contributed by atoms with Gasteiger partial charge in [-0.1, -0.05) is 78.5 Å². The van der Waals surface area contributed by atoms with Gasteiger partial charge in [-0.05, 0) is 65.6 Å². The summed E-state index contributed by atoms with van der Waals surface area (Å²) in [7, 11) is 0. The Morgan fingerprint density at radius 3 is 2.12 bits per heavy atom. The number of aromatic nitrogens is 4. The molecule has 0 saturated carbocycles. The molecule has 1 unspecified atom stereocenters. The van der Waals surface area contributed by atoms with Gasteiger partial charge in [0.2, 0.25) is 11.1 Å². The maximum atomic E-state index is 13.2. The lowest BCUT2D eigenvalue weighted by Crippen LogP contribution is -2.35. The van der Waals surface area contributed by atoms with Crippen LogP contribution in [0.3, 0.4) is 0 Å². The van der Waals surface area contributed by atoms with Crippen molar-refractivity contribution in [1.29, 1.82) is 0 Å². The average molecular weight is 444 g/mol. The van der Waals surface area contributed by atoms with Crippen molar-refractivity contribution < 1.29 is 4.79 Å². The van der Waals surface area contributed by atoms with Crippen molar-refractivity contribution in [2.24, 2.45) is 0 Å². The van der Waals surface area contributed by atoms with Crippen LogP contribution in [0.2, 0.25) is 0 Å². The summed E-state index contributed by atoms with van der Waals surface area (Å²) in [6.45, 7) is 5.99. The van der Waals surface area contributed by atoms with E-state index in [-0.39, 0.29) is 17.2 Å². The van der Waals surface area contributed by atoms with Crippen LogP contribution in [-0.2, 0) is 4.79 Å². The third-order valence-electron chi connectivity index (χ3n) is 5.38. The van der Waals surface area contributed by atoms with Gasteiger partial charge in [0.1, 0.15) is 0 Å². The normalized spacial score (nSPS) is 12.0. The van der Waals surface area contributed by atoms with Gasteiger partial charge in [-0.3, -0.25) is 4.79 Å². The van der Waals surface area contributed by atoms with E-state index in [1.54, 1.807) is 4.68 Å². The molecule has 1 atom stereocenters. The van der Waals surface area contributed by atoms with E-state index in [2.05, 4.69) is 34.7 Å². The standard InChI is InChI=1S/C25H25N5OS/c1-17-14-15-22(16-18(17)2)30-25(27-28-29-30)32-19(3)24(31)26-23(20-10-6-4-7-11-20)21-12-8-5-9-13-21/h4-16,19,23H,1-3H3,(H,26,31). The summed E-state index contributed by atoms with van der Waals surface area (Å²) >= 11 is 1.34. The number of nitrogens with one attached hydrogen (secondary N) is 1. The molecule has 1 N–H and O–H groups in total. The molecule has 0 spiro atoms. The molecule has 1 heterocycles. The monoisotopic (exact) mass is 443 g/mol. The highest BCUT2D eigenvalue weighted by Crippen LogP contribution is 2.26. The fraction of sp³-hybridized carbons (Fsp3) is 0.200. The molecule has 3 aromatic carbocycles. The zero-order valence-corrected chi connectivity index (χ0v) is 19.1. The lowest BCUT2D eigenvalue weighted by molar-refractivity contribution is -0.120. The van der Waals surface area contributed by atoms with E-state index in [1.165, 1.54) is 17.3 Å². The van der Waals surface area contributed by atoms with Gasteiger partial charge in [-0.15, -0.1) is 5.10 Å². The van der Waals surface area contributed by atoms with E-state index >= 15 is 0 Å². The molecule has 162 valence electrons. The summed E-state index contributed by atoms with van der Waals surface area (Å²) in [6, 6.07) is 25.8. The highest BCUT2D eigenvalue weighted by molar-refractivity contribution is 8.00. The highest BCUT2D eigenvalue weighted by atomic mass is 32.2. The van der Waals surface area contributed by atoms with Crippen molar-refractivity contribution in [3.63, 3.8) is 0 Å². The Labute approximate surface area is 192 Å². The van der Waals surface area contributed by atoms with Crippen LogP contribution in [0.15, 0.2) is 84.0 Å². The topological polar surface area (TPSA) is 72.7 Å².